The Bertz CT molecular complexity index is 455. The summed E-state index contributed by atoms with van der Waals surface area (Å²) in [6.07, 6.45) is 9.50. The number of nitrogens with zero attached hydrogens (tertiary/aromatic N) is 3. The lowest BCUT2D eigenvalue weighted by Crippen LogP contribution is -2.43. The number of likely N-dealkylation sites (tertiary alicyclic amines) is 1. The van der Waals surface area contributed by atoms with Gasteiger partial charge in [-0.15, -0.1) is 0 Å². The van der Waals surface area contributed by atoms with Crippen LogP contribution < -0.4 is 5.32 Å². The van der Waals surface area contributed by atoms with Crippen molar-refractivity contribution in [3.8, 4) is 0 Å². The Labute approximate surface area is 121 Å². The number of carbonyl (C=O) groups excluding carboxylic acids is 1. The third-order valence-electron chi connectivity index (χ3n) is 4.08. The van der Waals surface area contributed by atoms with Crippen LogP contribution in [-0.2, 0) is 0 Å². The van der Waals surface area contributed by atoms with Crippen LogP contribution in [0, 0.1) is 0 Å². The molecule has 2 fully saturated rings. The van der Waals surface area contributed by atoms with E-state index in [9.17, 15) is 4.79 Å². The summed E-state index contributed by atoms with van der Waals surface area (Å²) in [5.74, 6) is 0. The molecule has 5 nitrogen and oxygen atoms in total. The monoisotopic (exact) mass is 326 g/mol. The lowest BCUT2D eigenvalue weighted by atomic mass is 10.2. The minimum atomic E-state index is 0.0978. The fourth-order valence-electron chi connectivity index (χ4n) is 2.99. The Balaban J connectivity index is 1.54. The zero-order chi connectivity index (χ0) is 13.2. The second-order valence-corrected chi connectivity index (χ2v) is 6.37. The van der Waals surface area contributed by atoms with Crippen molar-refractivity contribution < 1.29 is 4.79 Å². The van der Waals surface area contributed by atoms with Crippen LogP contribution in [0.15, 0.2) is 16.9 Å². The second-order valence-electron chi connectivity index (χ2n) is 5.46. The van der Waals surface area contributed by atoms with Gasteiger partial charge in [-0.25, -0.2) is 4.79 Å². The first-order valence-corrected chi connectivity index (χ1v) is 7.77. The highest BCUT2D eigenvalue weighted by Gasteiger charge is 2.29. The molecule has 0 aromatic carbocycles. The van der Waals surface area contributed by atoms with E-state index in [1.807, 2.05) is 15.8 Å². The molecule has 1 N–H and O–H groups in total. The highest BCUT2D eigenvalue weighted by molar-refractivity contribution is 9.10. The molecule has 1 atom stereocenters. The molecular weight excluding hydrogens is 308 g/mol. The van der Waals surface area contributed by atoms with E-state index in [1.165, 1.54) is 12.8 Å². The number of urea groups is 1. The predicted molar refractivity (Wildman–Crippen MR) is 75.9 cm³/mol. The standard InChI is InChI=1S/C13H19BrN4O/c14-10-7-15-18(8-10)12-5-6-17(9-12)13(19)16-11-3-1-2-4-11/h7-8,11-12H,1-6,9H2,(H,16,19). The normalized spacial score (nSPS) is 24.1. The average molecular weight is 327 g/mol. The van der Waals surface area contributed by atoms with E-state index in [-0.39, 0.29) is 6.03 Å². The molecule has 1 aliphatic heterocycles. The summed E-state index contributed by atoms with van der Waals surface area (Å²) in [5.41, 5.74) is 0. The van der Waals surface area contributed by atoms with Crippen molar-refractivity contribution in [3.63, 3.8) is 0 Å². The molecular formula is C13H19BrN4O. The van der Waals surface area contributed by atoms with Gasteiger partial charge in [0.25, 0.3) is 0 Å². The van der Waals surface area contributed by atoms with Gasteiger partial charge in [0.05, 0.1) is 16.7 Å². The van der Waals surface area contributed by atoms with Crippen molar-refractivity contribution in [2.24, 2.45) is 0 Å². The average Bonchev–Trinajstić information content (AvgIpc) is 3.07. The maximum absolute atomic E-state index is 12.2. The summed E-state index contributed by atoms with van der Waals surface area (Å²) in [6, 6.07) is 0.798. The van der Waals surface area contributed by atoms with E-state index in [4.69, 9.17) is 0 Å². The van der Waals surface area contributed by atoms with Crippen molar-refractivity contribution in [2.45, 2.75) is 44.2 Å². The molecule has 0 bridgehead atoms. The van der Waals surface area contributed by atoms with Crippen molar-refractivity contribution >= 4 is 22.0 Å². The van der Waals surface area contributed by atoms with Crippen LogP contribution in [0.5, 0.6) is 0 Å². The summed E-state index contributed by atoms with van der Waals surface area (Å²) < 4.78 is 2.94. The number of rotatable bonds is 2. The third-order valence-corrected chi connectivity index (χ3v) is 4.49. The van der Waals surface area contributed by atoms with E-state index in [2.05, 4.69) is 26.3 Å². The van der Waals surface area contributed by atoms with Crippen molar-refractivity contribution in [1.29, 1.82) is 0 Å². The number of amides is 2. The quantitative estimate of drug-likeness (QED) is 0.907. The fraction of sp³-hybridized carbons (Fsp3) is 0.692. The SMILES string of the molecule is O=C(NC1CCCC1)N1CCC(n2cc(Br)cn2)C1. The van der Waals surface area contributed by atoms with Gasteiger partial charge in [0.15, 0.2) is 0 Å². The summed E-state index contributed by atoms with van der Waals surface area (Å²) >= 11 is 3.41. The van der Waals surface area contributed by atoms with E-state index in [0.29, 0.717) is 12.1 Å². The van der Waals surface area contributed by atoms with Crippen LogP contribution in [0.25, 0.3) is 0 Å². The number of hydrogen-bond acceptors (Lipinski definition) is 2. The topological polar surface area (TPSA) is 50.2 Å². The molecule has 104 valence electrons. The molecule has 2 amide bonds. The van der Waals surface area contributed by atoms with Gasteiger partial charge in [-0.05, 0) is 35.2 Å². The van der Waals surface area contributed by atoms with Gasteiger partial charge < -0.3 is 10.2 Å². The van der Waals surface area contributed by atoms with E-state index < -0.39 is 0 Å². The molecule has 19 heavy (non-hydrogen) atoms. The van der Waals surface area contributed by atoms with Crippen LogP contribution >= 0.6 is 15.9 Å². The van der Waals surface area contributed by atoms with Crippen LogP contribution in [0.3, 0.4) is 0 Å². The van der Waals surface area contributed by atoms with Gasteiger partial charge in [0.1, 0.15) is 0 Å². The molecule has 6 heteroatoms. The predicted octanol–water partition coefficient (Wildman–Crippen LogP) is 2.54. The van der Waals surface area contributed by atoms with Crippen molar-refractivity contribution in [1.82, 2.24) is 20.0 Å². The first kappa shape index (κ1) is 13.0. The Kier molecular flexibility index (Phi) is 3.77. The van der Waals surface area contributed by atoms with E-state index in [0.717, 1.165) is 36.8 Å². The molecule has 1 saturated heterocycles. The number of aromatic nitrogens is 2. The molecule has 2 heterocycles. The van der Waals surface area contributed by atoms with Gasteiger partial charge >= 0.3 is 6.03 Å². The van der Waals surface area contributed by atoms with Crippen molar-refractivity contribution in [2.75, 3.05) is 13.1 Å². The van der Waals surface area contributed by atoms with Crippen molar-refractivity contribution in [3.05, 3.63) is 16.9 Å². The highest BCUT2D eigenvalue weighted by Crippen LogP contribution is 2.23. The summed E-state index contributed by atoms with van der Waals surface area (Å²) in [4.78, 5) is 14.1. The summed E-state index contributed by atoms with van der Waals surface area (Å²) in [7, 11) is 0. The Morgan fingerprint density at radius 1 is 1.37 bits per heavy atom. The third kappa shape index (κ3) is 2.94. The first-order valence-electron chi connectivity index (χ1n) is 6.97. The summed E-state index contributed by atoms with van der Waals surface area (Å²) in [6.45, 7) is 1.58. The molecule has 1 aliphatic carbocycles. The Morgan fingerprint density at radius 3 is 2.84 bits per heavy atom. The lowest BCUT2D eigenvalue weighted by Gasteiger charge is -2.20. The Hall–Kier alpha value is -1.04. The van der Waals surface area contributed by atoms with Gasteiger partial charge in [0.2, 0.25) is 0 Å². The minimum Gasteiger partial charge on any atom is -0.335 e. The van der Waals surface area contributed by atoms with Crippen LogP contribution in [-0.4, -0.2) is 39.8 Å². The first-order chi connectivity index (χ1) is 9.22. The zero-order valence-electron chi connectivity index (χ0n) is 10.9. The number of nitrogens with one attached hydrogen (secondary N) is 1. The zero-order valence-corrected chi connectivity index (χ0v) is 12.5. The van der Waals surface area contributed by atoms with E-state index >= 15 is 0 Å². The van der Waals surface area contributed by atoms with Crippen LogP contribution in [0.2, 0.25) is 0 Å². The molecule has 0 radical (unpaired) electrons. The highest BCUT2D eigenvalue weighted by atomic mass is 79.9. The maximum Gasteiger partial charge on any atom is 0.317 e. The number of carbonyl (C=O) groups is 1. The van der Waals surface area contributed by atoms with E-state index in [1.54, 1.807) is 6.20 Å². The molecule has 2 aliphatic rings. The largest absolute Gasteiger partial charge is 0.335 e. The molecule has 1 aromatic rings. The number of halogens is 1. The molecule has 1 aromatic heterocycles. The van der Waals surface area contributed by atoms with Gasteiger partial charge in [0, 0.05) is 25.3 Å². The Morgan fingerprint density at radius 2 is 2.16 bits per heavy atom. The number of hydrogen-bond donors (Lipinski definition) is 1. The maximum atomic E-state index is 12.2. The molecule has 3 rings (SSSR count). The molecule has 0 spiro atoms. The molecule has 1 saturated carbocycles. The second kappa shape index (κ2) is 5.53. The fourth-order valence-corrected chi connectivity index (χ4v) is 3.29. The minimum absolute atomic E-state index is 0.0978. The lowest BCUT2D eigenvalue weighted by molar-refractivity contribution is 0.202. The van der Waals surface area contributed by atoms with Crippen LogP contribution in [0.1, 0.15) is 38.1 Å². The smallest absolute Gasteiger partial charge is 0.317 e. The van der Waals surface area contributed by atoms with Gasteiger partial charge in [-0.3, -0.25) is 4.68 Å². The molecule has 1 unspecified atom stereocenters. The van der Waals surface area contributed by atoms with Gasteiger partial charge in [-0.2, -0.15) is 5.10 Å². The van der Waals surface area contributed by atoms with Crippen LogP contribution in [0.4, 0.5) is 4.79 Å². The van der Waals surface area contributed by atoms with Gasteiger partial charge in [-0.1, -0.05) is 12.8 Å². The summed E-state index contributed by atoms with van der Waals surface area (Å²) in [5, 5.41) is 7.45.